The van der Waals surface area contributed by atoms with Gasteiger partial charge < -0.3 is 19.3 Å². The Morgan fingerprint density at radius 2 is 1.42 bits per heavy atom. The molecule has 0 aliphatic carbocycles. The van der Waals surface area contributed by atoms with Crippen molar-refractivity contribution in [2.75, 3.05) is 6.61 Å². The number of ether oxygens (including phenoxy) is 3. The molecule has 0 saturated heterocycles. The van der Waals surface area contributed by atoms with Crippen LogP contribution >= 0.6 is 0 Å². The Bertz CT molecular complexity index is 1310. The summed E-state index contributed by atoms with van der Waals surface area (Å²) < 4.78 is 17.5. The maximum Gasteiger partial charge on any atom is 0.189 e. The highest BCUT2D eigenvalue weighted by Gasteiger charge is 2.13. The summed E-state index contributed by atoms with van der Waals surface area (Å²) in [5, 5.41) is 9.93. The van der Waals surface area contributed by atoms with E-state index in [2.05, 4.69) is 0 Å². The first-order valence-corrected chi connectivity index (χ1v) is 11.8. The van der Waals surface area contributed by atoms with E-state index in [9.17, 15) is 9.90 Å². The summed E-state index contributed by atoms with van der Waals surface area (Å²) in [5.74, 6) is 1.45. The van der Waals surface area contributed by atoms with Crippen molar-refractivity contribution in [2.24, 2.45) is 0 Å². The Morgan fingerprint density at radius 3 is 2.08 bits per heavy atom. The van der Waals surface area contributed by atoms with Crippen LogP contribution in [0.1, 0.15) is 34.0 Å². The number of allylic oxidation sites excluding steroid dienone is 1. The number of benzene rings is 4. The molecule has 0 saturated carbocycles. The molecule has 0 fully saturated rings. The molecule has 4 aromatic carbocycles. The molecule has 182 valence electrons. The van der Waals surface area contributed by atoms with Gasteiger partial charge in [-0.1, -0.05) is 60.7 Å². The molecule has 0 amide bonds. The molecule has 0 bridgehead atoms. The fraction of sp³-hybridized carbons (Fsp3) is 0.129. The third kappa shape index (κ3) is 6.76. The molecule has 0 unspecified atom stereocenters. The Labute approximate surface area is 211 Å². The number of carbonyl (C=O) groups excluding carboxylic acids is 1. The summed E-state index contributed by atoms with van der Waals surface area (Å²) in [7, 11) is 0. The van der Waals surface area contributed by atoms with Crippen LogP contribution in [0.4, 0.5) is 0 Å². The number of phenols is 1. The quantitative estimate of drug-likeness (QED) is 0.188. The van der Waals surface area contributed by atoms with Gasteiger partial charge in [0.2, 0.25) is 0 Å². The zero-order valence-corrected chi connectivity index (χ0v) is 20.1. The average molecular weight is 481 g/mol. The van der Waals surface area contributed by atoms with Gasteiger partial charge in [-0.3, -0.25) is 4.79 Å². The van der Waals surface area contributed by atoms with E-state index in [0.717, 1.165) is 11.1 Å². The molecular formula is C31H28O5. The SMILES string of the molecule is CCOc1cc(OCc2ccccc2)ccc1C(=O)C=Cc1ccc(O)cc1OCc1ccccc1. The third-order valence-corrected chi connectivity index (χ3v) is 5.42. The minimum absolute atomic E-state index is 0.0891. The van der Waals surface area contributed by atoms with Gasteiger partial charge in [0, 0.05) is 17.7 Å². The maximum atomic E-state index is 13.1. The monoisotopic (exact) mass is 480 g/mol. The van der Waals surface area contributed by atoms with Crippen LogP contribution in [0, 0.1) is 0 Å². The van der Waals surface area contributed by atoms with Crippen LogP contribution < -0.4 is 14.2 Å². The molecule has 0 aliphatic heterocycles. The van der Waals surface area contributed by atoms with Crippen molar-refractivity contribution in [1.29, 1.82) is 0 Å². The first-order valence-electron chi connectivity index (χ1n) is 11.8. The molecule has 1 N–H and O–H groups in total. The molecule has 5 nitrogen and oxygen atoms in total. The van der Waals surface area contributed by atoms with Gasteiger partial charge in [0.05, 0.1) is 12.2 Å². The van der Waals surface area contributed by atoms with Crippen LogP contribution in [0.3, 0.4) is 0 Å². The summed E-state index contributed by atoms with van der Waals surface area (Å²) in [6, 6.07) is 29.6. The van der Waals surface area contributed by atoms with Gasteiger partial charge >= 0.3 is 0 Å². The van der Waals surface area contributed by atoms with E-state index in [1.54, 1.807) is 36.4 Å². The number of hydrogen-bond acceptors (Lipinski definition) is 5. The van der Waals surface area contributed by atoms with Crippen LogP contribution in [0.15, 0.2) is 103 Å². The molecule has 4 rings (SSSR count). The highest BCUT2D eigenvalue weighted by Crippen LogP contribution is 2.29. The minimum atomic E-state index is -0.213. The topological polar surface area (TPSA) is 65.0 Å². The number of aromatic hydroxyl groups is 1. The first kappa shape index (κ1) is 24.6. The smallest absolute Gasteiger partial charge is 0.189 e. The van der Waals surface area contributed by atoms with E-state index in [4.69, 9.17) is 14.2 Å². The van der Waals surface area contributed by atoms with Crippen LogP contribution in [0.25, 0.3) is 6.08 Å². The van der Waals surface area contributed by atoms with Crippen LogP contribution in [0.2, 0.25) is 0 Å². The number of ketones is 1. The Morgan fingerprint density at radius 1 is 0.750 bits per heavy atom. The normalized spacial score (nSPS) is 10.8. The number of phenolic OH excluding ortho intramolecular Hbond substituents is 1. The average Bonchev–Trinajstić information content (AvgIpc) is 2.91. The predicted octanol–water partition coefficient (Wildman–Crippen LogP) is 6.85. The van der Waals surface area contributed by atoms with Crippen LogP contribution in [0.5, 0.6) is 23.0 Å². The van der Waals surface area contributed by atoms with Crippen LogP contribution in [-0.4, -0.2) is 17.5 Å². The lowest BCUT2D eigenvalue weighted by Gasteiger charge is -2.12. The molecule has 0 aliphatic rings. The third-order valence-electron chi connectivity index (χ3n) is 5.42. The van der Waals surface area contributed by atoms with E-state index in [1.807, 2.05) is 67.6 Å². The lowest BCUT2D eigenvalue weighted by molar-refractivity contribution is 0.104. The lowest BCUT2D eigenvalue weighted by Crippen LogP contribution is -2.03. The molecule has 36 heavy (non-hydrogen) atoms. The predicted molar refractivity (Wildman–Crippen MR) is 141 cm³/mol. The second kappa shape index (κ2) is 12.3. The standard InChI is InChI=1S/C31H28O5/c1-2-34-31-20-27(35-21-23-9-5-3-6-10-23)16-17-28(31)29(33)18-14-25-13-15-26(32)19-30(25)36-22-24-11-7-4-8-12-24/h3-20,32H,2,21-22H2,1H3. The summed E-state index contributed by atoms with van der Waals surface area (Å²) in [6.07, 6.45) is 3.15. The van der Waals surface area contributed by atoms with Crippen LogP contribution in [-0.2, 0) is 13.2 Å². The van der Waals surface area contributed by atoms with Gasteiger partial charge in [0.25, 0.3) is 0 Å². The van der Waals surface area contributed by atoms with Gasteiger partial charge in [-0.05, 0) is 54.5 Å². The van der Waals surface area contributed by atoms with Crippen molar-refractivity contribution >= 4 is 11.9 Å². The molecule has 4 aromatic rings. The molecule has 5 heteroatoms. The number of rotatable bonds is 11. The van der Waals surface area contributed by atoms with E-state index in [0.29, 0.717) is 48.2 Å². The highest BCUT2D eigenvalue weighted by atomic mass is 16.5. The minimum Gasteiger partial charge on any atom is -0.508 e. The second-order valence-corrected chi connectivity index (χ2v) is 8.06. The summed E-state index contributed by atoms with van der Waals surface area (Å²) in [5.41, 5.74) is 3.17. The highest BCUT2D eigenvalue weighted by molar-refractivity contribution is 6.08. The molecule has 0 heterocycles. The van der Waals surface area contributed by atoms with E-state index in [-0.39, 0.29) is 11.5 Å². The van der Waals surface area contributed by atoms with Crippen molar-refractivity contribution in [2.45, 2.75) is 20.1 Å². The molecule has 0 aromatic heterocycles. The Hall–Kier alpha value is -4.51. The van der Waals surface area contributed by atoms with Crippen molar-refractivity contribution < 1.29 is 24.1 Å². The fourth-order valence-corrected chi connectivity index (χ4v) is 3.59. The van der Waals surface area contributed by atoms with E-state index < -0.39 is 0 Å². The van der Waals surface area contributed by atoms with E-state index >= 15 is 0 Å². The Balaban J connectivity index is 1.49. The number of carbonyl (C=O) groups is 1. The molecule has 0 spiro atoms. The summed E-state index contributed by atoms with van der Waals surface area (Å²) in [4.78, 5) is 13.1. The molecular weight excluding hydrogens is 452 g/mol. The zero-order valence-electron chi connectivity index (χ0n) is 20.1. The molecule has 0 atom stereocenters. The van der Waals surface area contributed by atoms with Gasteiger partial charge in [0.1, 0.15) is 36.2 Å². The summed E-state index contributed by atoms with van der Waals surface area (Å²) >= 11 is 0. The zero-order chi connectivity index (χ0) is 25.2. The Kier molecular flexibility index (Phi) is 8.39. The van der Waals surface area contributed by atoms with Gasteiger partial charge in [0.15, 0.2) is 5.78 Å². The maximum absolute atomic E-state index is 13.1. The van der Waals surface area contributed by atoms with Crippen molar-refractivity contribution in [3.8, 4) is 23.0 Å². The van der Waals surface area contributed by atoms with Crippen molar-refractivity contribution in [1.82, 2.24) is 0 Å². The number of hydrogen-bond donors (Lipinski definition) is 1. The van der Waals surface area contributed by atoms with Gasteiger partial charge in [-0.15, -0.1) is 0 Å². The largest absolute Gasteiger partial charge is 0.508 e. The van der Waals surface area contributed by atoms with E-state index in [1.165, 1.54) is 12.1 Å². The van der Waals surface area contributed by atoms with Crippen molar-refractivity contribution in [3.05, 3.63) is 125 Å². The lowest BCUT2D eigenvalue weighted by atomic mass is 10.1. The molecule has 0 radical (unpaired) electrons. The first-order chi connectivity index (χ1) is 17.6. The van der Waals surface area contributed by atoms with Crippen molar-refractivity contribution in [3.63, 3.8) is 0 Å². The summed E-state index contributed by atoms with van der Waals surface area (Å²) in [6.45, 7) is 3.06. The van der Waals surface area contributed by atoms with Gasteiger partial charge in [-0.25, -0.2) is 0 Å². The second-order valence-electron chi connectivity index (χ2n) is 8.06. The fourth-order valence-electron chi connectivity index (χ4n) is 3.59. The van der Waals surface area contributed by atoms with Gasteiger partial charge in [-0.2, -0.15) is 0 Å².